The number of hydrogen-bond donors (Lipinski definition) is 1. The van der Waals surface area contributed by atoms with Gasteiger partial charge in [0.1, 0.15) is 17.7 Å². The topological polar surface area (TPSA) is 55.6 Å². The lowest BCUT2D eigenvalue weighted by Crippen LogP contribution is -2.39. The summed E-state index contributed by atoms with van der Waals surface area (Å²) in [5.74, 6) is 1.43. The van der Waals surface area contributed by atoms with Crippen molar-refractivity contribution >= 4 is 17.5 Å². The zero-order valence-corrected chi connectivity index (χ0v) is 17.3. The molecule has 0 aromatic heterocycles. The molecule has 3 rings (SSSR count). The lowest BCUT2D eigenvalue weighted by Gasteiger charge is -2.36. The van der Waals surface area contributed by atoms with Gasteiger partial charge in [0.15, 0.2) is 0 Å². The van der Waals surface area contributed by atoms with E-state index in [-0.39, 0.29) is 17.8 Å². The number of halogens is 2. The van der Waals surface area contributed by atoms with Crippen molar-refractivity contribution in [2.45, 2.75) is 63.9 Å². The number of carbonyl (C=O) groups excluding carboxylic acids is 1. The molecule has 1 saturated carbocycles. The number of likely N-dealkylation sites (tertiary alicyclic amines) is 1. The number of amides is 1. The van der Waals surface area contributed by atoms with Crippen LogP contribution in [0.3, 0.4) is 0 Å². The SMILES string of the molecule is NC(=O)CCC1CCCCC1CCN1CCC(Oc2ccc(F)cc2Cl)CC1. The lowest BCUT2D eigenvalue weighted by molar-refractivity contribution is -0.118. The minimum absolute atomic E-state index is 0.136. The van der Waals surface area contributed by atoms with Crippen molar-refractivity contribution in [2.24, 2.45) is 17.6 Å². The second kappa shape index (κ2) is 10.4. The van der Waals surface area contributed by atoms with Gasteiger partial charge < -0.3 is 15.4 Å². The molecule has 0 bridgehead atoms. The molecule has 0 radical (unpaired) electrons. The Bertz CT molecular complexity index is 649. The molecule has 156 valence electrons. The third-order valence-corrected chi connectivity index (χ3v) is 6.66. The van der Waals surface area contributed by atoms with Crippen LogP contribution in [0, 0.1) is 17.7 Å². The average Bonchev–Trinajstić information content (AvgIpc) is 2.68. The van der Waals surface area contributed by atoms with Crippen LogP contribution in [0.1, 0.15) is 57.8 Å². The van der Waals surface area contributed by atoms with E-state index in [1.807, 2.05) is 0 Å². The first-order valence-corrected chi connectivity index (χ1v) is 11.0. The highest BCUT2D eigenvalue weighted by Gasteiger charge is 2.27. The van der Waals surface area contributed by atoms with Crippen molar-refractivity contribution in [1.82, 2.24) is 4.90 Å². The van der Waals surface area contributed by atoms with E-state index in [2.05, 4.69) is 4.90 Å². The van der Waals surface area contributed by atoms with Crippen molar-refractivity contribution < 1.29 is 13.9 Å². The van der Waals surface area contributed by atoms with Gasteiger partial charge in [-0.25, -0.2) is 4.39 Å². The Balaban J connectivity index is 1.40. The monoisotopic (exact) mass is 410 g/mol. The Morgan fingerprint density at radius 2 is 1.82 bits per heavy atom. The highest BCUT2D eigenvalue weighted by Crippen LogP contribution is 2.35. The summed E-state index contributed by atoms with van der Waals surface area (Å²) in [6, 6.07) is 4.29. The molecule has 2 N–H and O–H groups in total. The van der Waals surface area contributed by atoms with E-state index in [1.54, 1.807) is 6.07 Å². The van der Waals surface area contributed by atoms with Gasteiger partial charge in [-0.1, -0.05) is 37.3 Å². The standard InChI is InChI=1S/C22H32ClFN2O2/c23-20-15-18(24)6-7-21(20)28-19-10-13-26(14-11-19)12-9-17-4-2-1-3-16(17)5-8-22(25)27/h6-7,15-17,19H,1-5,8-14H2,(H2,25,27). The minimum Gasteiger partial charge on any atom is -0.489 e. The summed E-state index contributed by atoms with van der Waals surface area (Å²) in [5.41, 5.74) is 5.34. The van der Waals surface area contributed by atoms with E-state index in [9.17, 15) is 9.18 Å². The summed E-state index contributed by atoms with van der Waals surface area (Å²) in [4.78, 5) is 13.6. The molecule has 1 saturated heterocycles. The molecule has 6 heteroatoms. The molecule has 1 aliphatic heterocycles. The van der Waals surface area contributed by atoms with Crippen LogP contribution in [-0.4, -0.2) is 36.5 Å². The van der Waals surface area contributed by atoms with Crippen LogP contribution in [0.2, 0.25) is 5.02 Å². The Morgan fingerprint density at radius 1 is 1.14 bits per heavy atom. The molecule has 1 heterocycles. The molecule has 1 aromatic carbocycles. The van der Waals surface area contributed by atoms with Crippen LogP contribution in [0.5, 0.6) is 5.75 Å². The highest BCUT2D eigenvalue weighted by atomic mass is 35.5. The van der Waals surface area contributed by atoms with E-state index in [1.165, 1.54) is 44.2 Å². The fourth-order valence-corrected chi connectivity index (χ4v) is 4.93. The first-order chi connectivity index (χ1) is 13.5. The molecule has 1 amide bonds. The summed E-state index contributed by atoms with van der Waals surface area (Å²) in [6.07, 6.45) is 9.87. The fourth-order valence-electron chi connectivity index (χ4n) is 4.72. The Labute approximate surface area is 172 Å². The van der Waals surface area contributed by atoms with Crippen LogP contribution in [-0.2, 0) is 4.79 Å². The number of hydrogen-bond acceptors (Lipinski definition) is 3. The van der Waals surface area contributed by atoms with Gasteiger partial charge in [-0.3, -0.25) is 4.79 Å². The summed E-state index contributed by atoms with van der Waals surface area (Å²) in [6.45, 7) is 3.14. The number of rotatable bonds is 8. The molecule has 1 aliphatic carbocycles. The van der Waals surface area contributed by atoms with E-state index < -0.39 is 0 Å². The van der Waals surface area contributed by atoms with Crippen molar-refractivity contribution in [2.75, 3.05) is 19.6 Å². The predicted octanol–water partition coefficient (Wildman–Crippen LogP) is 4.78. The van der Waals surface area contributed by atoms with Gasteiger partial charge in [0.2, 0.25) is 5.91 Å². The first kappa shape index (κ1) is 21.4. The van der Waals surface area contributed by atoms with Gasteiger partial charge in [0, 0.05) is 19.5 Å². The molecular formula is C22H32ClFN2O2. The number of benzene rings is 1. The van der Waals surface area contributed by atoms with Gasteiger partial charge in [-0.2, -0.15) is 0 Å². The maximum Gasteiger partial charge on any atom is 0.217 e. The van der Waals surface area contributed by atoms with Gasteiger partial charge in [0.05, 0.1) is 5.02 Å². The molecule has 2 aliphatic rings. The van der Waals surface area contributed by atoms with Crippen LogP contribution in [0.15, 0.2) is 18.2 Å². The average molecular weight is 411 g/mol. The van der Waals surface area contributed by atoms with Crippen LogP contribution < -0.4 is 10.5 Å². The van der Waals surface area contributed by atoms with E-state index in [0.29, 0.717) is 23.1 Å². The van der Waals surface area contributed by atoms with E-state index in [4.69, 9.17) is 22.1 Å². The van der Waals surface area contributed by atoms with Crippen molar-refractivity contribution in [3.05, 3.63) is 29.0 Å². The third kappa shape index (κ3) is 6.35. The Morgan fingerprint density at radius 3 is 2.46 bits per heavy atom. The number of ether oxygens (including phenoxy) is 1. The second-order valence-corrected chi connectivity index (χ2v) is 8.74. The smallest absolute Gasteiger partial charge is 0.217 e. The highest BCUT2D eigenvalue weighted by molar-refractivity contribution is 6.32. The summed E-state index contributed by atoms with van der Waals surface area (Å²) in [7, 11) is 0. The van der Waals surface area contributed by atoms with Crippen molar-refractivity contribution in [1.29, 1.82) is 0 Å². The van der Waals surface area contributed by atoms with E-state index in [0.717, 1.165) is 44.8 Å². The van der Waals surface area contributed by atoms with Gasteiger partial charge in [0.25, 0.3) is 0 Å². The Kier molecular flexibility index (Phi) is 7.98. The maximum atomic E-state index is 13.2. The molecule has 28 heavy (non-hydrogen) atoms. The lowest BCUT2D eigenvalue weighted by atomic mass is 9.75. The number of nitrogens with zero attached hydrogens (tertiary/aromatic N) is 1. The summed E-state index contributed by atoms with van der Waals surface area (Å²) < 4.78 is 19.1. The van der Waals surface area contributed by atoms with Crippen molar-refractivity contribution in [3.63, 3.8) is 0 Å². The van der Waals surface area contributed by atoms with Crippen LogP contribution >= 0.6 is 11.6 Å². The molecule has 2 unspecified atom stereocenters. The zero-order chi connectivity index (χ0) is 19.9. The minimum atomic E-state index is -0.344. The largest absolute Gasteiger partial charge is 0.489 e. The predicted molar refractivity (Wildman–Crippen MR) is 110 cm³/mol. The molecular weight excluding hydrogens is 379 g/mol. The molecule has 4 nitrogen and oxygen atoms in total. The normalized spacial score (nSPS) is 24.2. The first-order valence-electron chi connectivity index (χ1n) is 10.6. The van der Waals surface area contributed by atoms with E-state index >= 15 is 0 Å². The van der Waals surface area contributed by atoms with Gasteiger partial charge >= 0.3 is 0 Å². The number of piperidine rings is 1. The third-order valence-electron chi connectivity index (χ3n) is 6.37. The molecule has 2 fully saturated rings. The van der Waals surface area contributed by atoms with Crippen LogP contribution in [0.4, 0.5) is 4.39 Å². The molecule has 1 aromatic rings. The number of carbonyl (C=O) groups is 1. The number of primary amides is 1. The van der Waals surface area contributed by atoms with Crippen LogP contribution in [0.25, 0.3) is 0 Å². The molecule has 2 atom stereocenters. The second-order valence-electron chi connectivity index (χ2n) is 8.33. The fraction of sp³-hybridized carbons (Fsp3) is 0.682. The number of nitrogens with two attached hydrogens (primary N) is 1. The summed E-state index contributed by atoms with van der Waals surface area (Å²) in [5, 5.41) is 0.335. The summed E-state index contributed by atoms with van der Waals surface area (Å²) >= 11 is 6.07. The molecule has 0 spiro atoms. The maximum absolute atomic E-state index is 13.2. The van der Waals surface area contributed by atoms with Crippen molar-refractivity contribution in [3.8, 4) is 5.75 Å². The quantitative estimate of drug-likeness (QED) is 0.670. The zero-order valence-electron chi connectivity index (χ0n) is 16.5. The van der Waals surface area contributed by atoms with Gasteiger partial charge in [-0.05, 0) is 62.3 Å². The van der Waals surface area contributed by atoms with Gasteiger partial charge in [-0.15, -0.1) is 0 Å². The Hall–Kier alpha value is -1.33.